The predicted molar refractivity (Wildman–Crippen MR) is 36.4 cm³/mol. The van der Waals surface area contributed by atoms with Crippen molar-refractivity contribution in [2.24, 2.45) is 0 Å². The Morgan fingerprint density at radius 3 is 2.67 bits per heavy atom. The van der Waals surface area contributed by atoms with Gasteiger partial charge in [0.25, 0.3) is 5.91 Å². The zero-order valence-corrected chi connectivity index (χ0v) is 6.24. The number of halogens is 3. The lowest BCUT2D eigenvalue weighted by molar-refractivity contribution is -0.130. The van der Waals surface area contributed by atoms with Gasteiger partial charge < -0.3 is 5.32 Å². The van der Waals surface area contributed by atoms with Gasteiger partial charge >= 0.3 is 6.18 Å². The van der Waals surface area contributed by atoms with Crippen molar-refractivity contribution in [3.63, 3.8) is 0 Å². The first-order valence-electron chi connectivity index (χ1n) is 3.57. The van der Waals surface area contributed by atoms with Crippen molar-refractivity contribution >= 4 is 5.91 Å². The lowest BCUT2D eigenvalue weighted by atomic mass is 10.2. The predicted octanol–water partition coefficient (Wildman–Crippen LogP) is 1.39. The number of hydrogen-bond donors (Lipinski definition) is 1. The molecule has 1 aliphatic heterocycles. The fourth-order valence-corrected chi connectivity index (χ4v) is 0.983. The standard InChI is InChI=1S/C7H8F3NO/c8-7(9,10)5-3-1-2-4-11-6(5)12/h3H,1-2,4H2,(H,11,12). The summed E-state index contributed by atoms with van der Waals surface area (Å²) in [5.41, 5.74) is -1.07. The minimum atomic E-state index is -4.52. The van der Waals surface area contributed by atoms with Gasteiger partial charge in [0.15, 0.2) is 0 Å². The summed E-state index contributed by atoms with van der Waals surface area (Å²) in [5.74, 6) is -1.01. The third kappa shape index (κ3) is 1.99. The van der Waals surface area contributed by atoms with Crippen LogP contribution in [0.3, 0.4) is 0 Å². The van der Waals surface area contributed by atoms with E-state index in [1.807, 2.05) is 0 Å². The van der Waals surface area contributed by atoms with Crippen molar-refractivity contribution in [2.75, 3.05) is 6.54 Å². The van der Waals surface area contributed by atoms with E-state index >= 15 is 0 Å². The largest absolute Gasteiger partial charge is 0.421 e. The van der Waals surface area contributed by atoms with E-state index in [1.165, 1.54) is 0 Å². The average Bonchev–Trinajstić information content (AvgIpc) is 2.11. The smallest absolute Gasteiger partial charge is 0.352 e. The fraction of sp³-hybridized carbons (Fsp3) is 0.571. The number of hydrogen-bond acceptors (Lipinski definition) is 1. The Morgan fingerprint density at radius 2 is 2.08 bits per heavy atom. The van der Waals surface area contributed by atoms with E-state index in [-0.39, 0.29) is 0 Å². The van der Waals surface area contributed by atoms with Gasteiger partial charge in [-0.25, -0.2) is 0 Å². The molecule has 0 saturated carbocycles. The average molecular weight is 179 g/mol. The summed E-state index contributed by atoms with van der Waals surface area (Å²) in [4.78, 5) is 10.8. The monoisotopic (exact) mass is 179 g/mol. The quantitative estimate of drug-likeness (QED) is 0.598. The topological polar surface area (TPSA) is 29.1 Å². The summed E-state index contributed by atoms with van der Waals surface area (Å²) in [7, 11) is 0. The second kappa shape index (κ2) is 3.16. The molecule has 1 aliphatic rings. The van der Waals surface area contributed by atoms with Gasteiger partial charge in [0.2, 0.25) is 0 Å². The summed E-state index contributed by atoms with van der Waals surface area (Å²) in [5, 5.41) is 2.17. The number of rotatable bonds is 0. The summed E-state index contributed by atoms with van der Waals surface area (Å²) < 4.78 is 36.1. The van der Waals surface area contributed by atoms with Gasteiger partial charge in [-0.05, 0) is 12.8 Å². The highest BCUT2D eigenvalue weighted by atomic mass is 19.4. The number of allylic oxidation sites excluding steroid dienone is 1. The van der Waals surface area contributed by atoms with Crippen LogP contribution in [0, 0.1) is 0 Å². The molecule has 1 rings (SSSR count). The van der Waals surface area contributed by atoms with Gasteiger partial charge in [-0.15, -0.1) is 0 Å². The van der Waals surface area contributed by atoms with E-state index in [0.29, 0.717) is 19.4 Å². The first-order chi connectivity index (χ1) is 5.52. The van der Waals surface area contributed by atoms with E-state index in [4.69, 9.17) is 0 Å². The maximum absolute atomic E-state index is 12.0. The molecule has 0 bridgehead atoms. The third-order valence-electron chi connectivity index (χ3n) is 1.56. The minimum absolute atomic E-state index is 0.299. The summed E-state index contributed by atoms with van der Waals surface area (Å²) in [6.45, 7) is 0.314. The molecule has 0 fully saturated rings. The molecule has 5 heteroatoms. The second-order valence-electron chi connectivity index (χ2n) is 2.51. The van der Waals surface area contributed by atoms with Gasteiger partial charge in [0, 0.05) is 6.54 Å². The van der Waals surface area contributed by atoms with Crippen LogP contribution < -0.4 is 5.32 Å². The highest BCUT2D eigenvalue weighted by Crippen LogP contribution is 2.26. The Kier molecular flexibility index (Phi) is 2.40. The van der Waals surface area contributed by atoms with E-state index in [1.54, 1.807) is 0 Å². The van der Waals surface area contributed by atoms with Crippen LogP contribution in [0.25, 0.3) is 0 Å². The molecular weight excluding hydrogens is 171 g/mol. The Labute approximate surface area is 67.4 Å². The normalized spacial score (nSPS) is 19.6. The summed E-state index contributed by atoms with van der Waals surface area (Å²) >= 11 is 0. The molecular formula is C7H8F3NO. The lowest BCUT2D eigenvalue weighted by Gasteiger charge is -2.08. The molecule has 1 heterocycles. The van der Waals surface area contributed by atoms with Crippen molar-refractivity contribution in [2.45, 2.75) is 19.0 Å². The van der Waals surface area contributed by atoms with Crippen LogP contribution in [0.5, 0.6) is 0 Å². The van der Waals surface area contributed by atoms with Gasteiger partial charge in [0.1, 0.15) is 5.57 Å². The van der Waals surface area contributed by atoms with Gasteiger partial charge in [-0.3, -0.25) is 4.79 Å². The number of carbonyl (C=O) groups excluding carboxylic acids is 1. The number of carbonyl (C=O) groups is 1. The molecule has 2 nitrogen and oxygen atoms in total. The summed E-state index contributed by atoms with van der Waals surface area (Å²) in [6.07, 6.45) is -2.71. The first kappa shape index (κ1) is 9.09. The molecule has 0 aromatic rings. The van der Waals surface area contributed by atoms with E-state index in [9.17, 15) is 18.0 Å². The molecule has 0 saturated heterocycles. The zero-order chi connectivity index (χ0) is 9.19. The minimum Gasteiger partial charge on any atom is -0.352 e. The molecule has 0 atom stereocenters. The zero-order valence-electron chi connectivity index (χ0n) is 6.24. The van der Waals surface area contributed by atoms with Crippen LogP contribution in [0.4, 0.5) is 13.2 Å². The van der Waals surface area contributed by atoms with Crippen molar-refractivity contribution in [1.82, 2.24) is 5.32 Å². The first-order valence-corrected chi connectivity index (χ1v) is 3.57. The van der Waals surface area contributed by atoms with Crippen LogP contribution >= 0.6 is 0 Å². The Hall–Kier alpha value is -1.00. The number of alkyl halides is 3. The molecule has 68 valence electrons. The lowest BCUT2D eigenvalue weighted by Crippen LogP contribution is -2.30. The van der Waals surface area contributed by atoms with Gasteiger partial charge in [-0.2, -0.15) is 13.2 Å². The van der Waals surface area contributed by atoms with Crippen molar-refractivity contribution in [1.29, 1.82) is 0 Å². The van der Waals surface area contributed by atoms with Gasteiger partial charge in [0.05, 0.1) is 0 Å². The van der Waals surface area contributed by atoms with Crippen LogP contribution in [0.15, 0.2) is 11.6 Å². The SMILES string of the molecule is O=C1NCCCC=C1C(F)(F)F. The molecule has 0 aromatic heterocycles. The highest BCUT2D eigenvalue weighted by Gasteiger charge is 2.38. The van der Waals surface area contributed by atoms with E-state index < -0.39 is 17.7 Å². The fourth-order valence-electron chi connectivity index (χ4n) is 0.983. The van der Waals surface area contributed by atoms with E-state index in [0.717, 1.165) is 6.08 Å². The van der Waals surface area contributed by atoms with Crippen LogP contribution in [0.2, 0.25) is 0 Å². The Morgan fingerprint density at radius 1 is 1.42 bits per heavy atom. The van der Waals surface area contributed by atoms with Crippen LogP contribution in [-0.4, -0.2) is 18.6 Å². The summed E-state index contributed by atoms with van der Waals surface area (Å²) in [6, 6.07) is 0. The molecule has 0 radical (unpaired) electrons. The van der Waals surface area contributed by atoms with Crippen molar-refractivity contribution < 1.29 is 18.0 Å². The Balaban J connectivity index is 2.84. The number of amides is 1. The van der Waals surface area contributed by atoms with Crippen molar-refractivity contribution in [3.8, 4) is 0 Å². The molecule has 1 amide bonds. The number of nitrogens with one attached hydrogen (secondary N) is 1. The van der Waals surface area contributed by atoms with Crippen molar-refractivity contribution in [3.05, 3.63) is 11.6 Å². The maximum atomic E-state index is 12.0. The molecule has 0 unspecified atom stereocenters. The third-order valence-corrected chi connectivity index (χ3v) is 1.56. The molecule has 0 aliphatic carbocycles. The molecule has 12 heavy (non-hydrogen) atoms. The molecule has 1 N–H and O–H groups in total. The molecule has 0 spiro atoms. The highest BCUT2D eigenvalue weighted by molar-refractivity contribution is 5.94. The van der Waals surface area contributed by atoms with Crippen LogP contribution in [-0.2, 0) is 4.79 Å². The second-order valence-corrected chi connectivity index (χ2v) is 2.51. The van der Waals surface area contributed by atoms with E-state index in [2.05, 4.69) is 5.32 Å². The van der Waals surface area contributed by atoms with Gasteiger partial charge in [-0.1, -0.05) is 6.08 Å². The maximum Gasteiger partial charge on any atom is 0.421 e. The van der Waals surface area contributed by atoms with Crippen LogP contribution in [0.1, 0.15) is 12.8 Å². The Bertz CT molecular complexity index is 219. The molecule has 0 aromatic carbocycles.